The van der Waals surface area contributed by atoms with Crippen molar-refractivity contribution in [1.82, 2.24) is 9.80 Å². The molecule has 1 aliphatic rings. The van der Waals surface area contributed by atoms with Gasteiger partial charge in [-0.1, -0.05) is 13.3 Å². The van der Waals surface area contributed by atoms with Gasteiger partial charge in [0.05, 0.1) is 6.67 Å². The zero-order valence-corrected chi connectivity index (χ0v) is 7.20. The van der Waals surface area contributed by atoms with E-state index in [4.69, 9.17) is 0 Å². The topological polar surface area (TPSA) is 26.7 Å². The fraction of sp³-hybridized carbons (Fsp3) is 0.750. The molecule has 1 heterocycles. The number of aliphatic hydroxyl groups excluding tert-OH is 1. The van der Waals surface area contributed by atoms with Crippen LogP contribution in [0.3, 0.4) is 0 Å². The van der Waals surface area contributed by atoms with Crippen LogP contribution in [0, 0.1) is 0 Å². The minimum Gasteiger partial charge on any atom is -0.374 e. The molecule has 0 spiro atoms. The summed E-state index contributed by atoms with van der Waals surface area (Å²) in [5.41, 5.74) is 0. The van der Waals surface area contributed by atoms with E-state index in [-0.39, 0.29) is 6.23 Å². The molecule has 0 amide bonds. The Balaban J connectivity index is 2.32. The van der Waals surface area contributed by atoms with Crippen LogP contribution < -0.4 is 0 Å². The quantitative estimate of drug-likeness (QED) is 0.654. The van der Waals surface area contributed by atoms with Crippen molar-refractivity contribution in [1.29, 1.82) is 0 Å². The predicted octanol–water partition coefficient (Wildman–Crippen LogP) is 0.781. The highest BCUT2D eigenvalue weighted by Crippen LogP contribution is 2.10. The van der Waals surface area contributed by atoms with Crippen LogP contribution in [-0.4, -0.2) is 34.9 Å². The zero-order valence-electron chi connectivity index (χ0n) is 7.20. The number of hydrogen-bond donors (Lipinski definition) is 1. The van der Waals surface area contributed by atoms with Crippen LogP contribution in [-0.2, 0) is 0 Å². The van der Waals surface area contributed by atoms with Gasteiger partial charge in [-0.2, -0.15) is 0 Å². The molecule has 0 radical (unpaired) electrons. The van der Waals surface area contributed by atoms with Gasteiger partial charge in [-0.3, -0.25) is 0 Å². The molecule has 0 aliphatic carbocycles. The van der Waals surface area contributed by atoms with Gasteiger partial charge in [-0.25, -0.2) is 0 Å². The van der Waals surface area contributed by atoms with Crippen LogP contribution in [0.4, 0.5) is 0 Å². The first-order chi connectivity index (χ1) is 5.24. The summed E-state index contributed by atoms with van der Waals surface area (Å²) >= 11 is 0. The fourth-order valence-electron chi connectivity index (χ4n) is 1.17. The second-order valence-electron chi connectivity index (χ2n) is 2.98. The predicted molar refractivity (Wildman–Crippen MR) is 44.5 cm³/mol. The first-order valence-electron chi connectivity index (χ1n) is 4.06. The van der Waals surface area contributed by atoms with Gasteiger partial charge in [0.25, 0.3) is 0 Å². The van der Waals surface area contributed by atoms with E-state index in [9.17, 15) is 5.11 Å². The van der Waals surface area contributed by atoms with E-state index >= 15 is 0 Å². The van der Waals surface area contributed by atoms with Gasteiger partial charge in [-0.05, 0) is 6.42 Å². The molecule has 0 aromatic carbocycles. The number of nitrogens with zero attached hydrogens (tertiary/aromatic N) is 2. The molecule has 1 unspecified atom stereocenters. The summed E-state index contributed by atoms with van der Waals surface area (Å²) in [6.07, 6.45) is 5.47. The lowest BCUT2D eigenvalue weighted by molar-refractivity contribution is 0.0216. The summed E-state index contributed by atoms with van der Waals surface area (Å²) < 4.78 is 0. The lowest BCUT2D eigenvalue weighted by Crippen LogP contribution is -2.32. The first kappa shape index (κ1) is 8.40. The second kappa shape index (κ2) is 3.62. The van der Waals surface area contributed by atoms with Gasteiger partial charge in [-0.15, -0.1) is 0 Å². The lowest BCUT2D eigenvalue weighted by Gasteiger charge is -2.23. The maximum absolute atomic E-state index is 9.51. The molecular weight excluding hydrogens is 140 g/mol. The highest BCUT2D eigenvalue weighted by molar-refractivity contribution is 4.89. The van der Waals surface area contributed by atoms with Crippen molar-refractivity contribution in [2.75, 3.05) is 13.7 Å². The van der Waals surface area contributed by atoms with E-state index in [0.29, 0.717) is 0 Å². The largest absolute Gasteiger partial charge is 0.374 e. The average Bonchev–Trinajstić information content (AvgIpc) is 2.36. The van der Waals surface area contributed by atoms with Gasteiger partial charge in [0.1, 0.15) is 6.23 Å². The molecule has 3 heteroatoms. The fourth-order valence-corrected chi connectivity index (χ4v) is 1.17. The maximum atomic E-state index is 9.51. The van der Waals surface area contributed by atoms with Crippen LogP contribution in [0.2, 0.25) is 0 Å². The van der Waals surface area contributed by atoms with Gasteiger partial charge >= 0.3 is 0 Å². The standard InChI is InChI=1S/C8H16N2O/c1-3-4-8(11)10-6-5-9(2)7-10/h5-6,8,11H,3-4,7H2,1-2H3. The molecule has 0 bridgehead atoms. The molecule has 1 N–H and O–H groups in total. The van der Waals surface area contributed by atoms with Crippen molar-refractivity contribution in [2.24, 2.45) is 0 Å². The SMILES string of the molecule is CCCC(O)N1C=CN(C)C1. The maximum Gasteiger partial charge on any atom is 0.127 e. The molecule has 11 heavy (non-hydrogen) atoms. The number of hydrogen-bond acceptors (Lipinski definition) is 3. The van der Waals surface area contributed by atoms with E-state index < -0.39 is 0 Å². The average molecular weight is 156 g/mol. The lowest BCUT2D eigenvalue weighted by atomic mass is 10.3. The summed E-state index contributed by atoms with van der Waals surface area (Å²) in [6.45, 7) is 2.88. The third-order valence-corrected chi connectivity index (χ3v) is 1.83. The highest BCUT2D eigenvalue weighted by atomic mass is 16.3. The van der Waals surface area contributed by atoms with Crippen molar-refractivity contribution in [3.63, 3.8) is 0 Å². The highest BCUT2D eigenvalue weighted by Gasteiger charge is 2.15. The minimum absolute atomic E-state index is 0.304. The van der Waals surface area contributed by atoms with E-state index in [2.05, 4.69) is 6.92 Å². The van der Waals surface area contributed by atoms with Crippen molar-refractivity contribution < 1.29 is 5.11 Å². The Labute approximate surface area is 67.9 Å². The van der Waals surface area contributed by atoms with E-state index in [1.165, 1.54) is 0 Å². The molecule has 1 atom stereocenters. The third kappa shape index (κ3) is 2.12. The Morgan fingerprint density at radius 1 is 1.55 bits per heavy atom. The molecule has 1 aliphatic heterocycles. The molecule has 0 saturated carbocycles. The Bertz CT molecular complexity index is 147. The van der Waals surface area contributed by atoms with Gasteiger partial charge < -0.3 is 14.9 Å². The molecule has 1 rings (SSSR count). The normalized spacial score (nSPS) is 19.5. The summed E-state index contributed by atoms with van der Waals surface area (Å²) in [6, 6.07) is 0. The first-order valence-corrected chi connectivity index (χ1v) is 4.06. The molecule has 0 aromatic heterocycles. The number of aliphatic hydroxyl groups is 1. The van der Waals surface area contributed by atoms with Crippen molar-refractivity contribution in [3.8, 4) is 0 Å². The molecule has 64 valence electrons. The monoisotopic (exact) mass is 156 g/mol. The minimum atomic E-state index is -0.304. The van der Waals surface area contributed by atoms with Gasteiger partial charge in [0, 0.05) is 19.4 Å². The van der Waals surface area contributed by atoms with Gasteiger partial charge in [0.2, 0.25) is 0 Å². The van der Waals surface area contributed by atoms with Crippen LogP contribution in [0.1, 0.15) is 19.8 Å². The summed E-state index contributed by atoms with van der Waals surface area (Å²) in [5.74, 6) is 0. The molecule has 0 fully saturated rings. The molecule has 0 aromatic rings. The molecule has 3 nitrogen and oxygen atoms in total. The summed E-state index contributed by atoms with van der Waals surface area (Å²) in [4.78, 5) is 3.97. The van der Waals surface area contributed by atoms with E-state index in [1.807, 2.05) is 29.2 Å². The van der Waals surface area contributed by atoms with Crippen molar-refractivity contribution in [3.05, 3.63) is 12.4 Å². The number of rotatable bonds is 3. The molecule has 0 saturated heterocycles. The van der Waals surface area contributed by atoms with Crippen molar-refractivity contribution >= 4 is 0 Å². The van der Waals surface area contributed by atoms with Crippen LogP contribution in [0.25, 0.3) is 0 Å². The third-order valence-electron chi connectivity index (χ3n) is 1.83. The Morgan fingerprint density at radius 2 is 2.27 bits per heavy atom. The summed E-state index contributed by atoms with van der Waals surface area (Å²) in [5, 5.41) is 9.51. The van der Waals surface area contributed by atoms with Crippen molar-refractivity contribution in [2.45, 2.75) is 26.0 Å². The zero-order chi connectivity index (χ0) is 8.27. The Hall–Kier alpha value is -0.700. The van der Waals surface area contributed by atoms with Crippen LogP contribution in [0.5, 0.6) is 0 Å². The van der Waals surface area contributed by atoms with E-state index in [1.54, 1.807) is 0 Å². The van der Waals surface area contributed by atoms with Crippen LogP contribution >= 0.6 is 0 Å². The Morgan fingerprint density at radius 3 is 2.73 bits per heavy atom. The smallest absolute Gasteiger partial charge is 0.127 e. The summed E-state index contributed by atoms with van der Waals surface area (Å²) in [7, 11) is 2.00. The Kier molecular flexibility index (Phi) is 2.76. The molecular formula is C8H16N2O. The van der Waals surface area contributed by atoms with Gasteiger partial charge in [0.15, 0.2) is 0 Å². The van der Waals surface area contributed by atoms with Crippen LogP contribution in [0.15, 0.2) is 12.4 Å². The second-order valence-corrected chi connectivity index (χ2v) is 2.98. The van der Waals surface area contributed by atoms with E-state index in [0.717, 1.165) is 19.5 Å².